The first-order valence-electron chi connectivity index (χ1n) is 8.30. The monoisotopic (exact) mass is 272 g/mol. The fourth-order valence-electron chi connectivity index (χ4n) is 3.91. The van der Waals surface area contributed by atoms with Crippen molar-refractivity contribution in [2.45, 2.75) is 51.1 Å². The highest BCUT2D eigenvalue weighted by Gasteiger charge is 2.21. The zero-order chi connectivity index (χ0) is 13.8. The predicted octanol–water partition coefficient (Wildman–Crippen LogP) is 3.21. The number of fused-ring (bicyclic) bond motifs is 1. The highest BCUT2D eigenvalue weighted by molar-refractivity contribution is 5.29. The molecule has 1 fully saturated rings. The zero-order valence-corrected chi connectivity index (χ0v) is 12.8. The molecule has 2 heteroatoms. The average Bonchev–Trinajstić information content (AvgIpc) is 2.48. The summed E-state index contributed by atoms with van der Waals surface area (Å²) in [5.41, 5.74) is 3.03. The molecule has 1 aromatic carbocycles. The molecular formula is C18H28N2. The number of nitrogens with one attached hydrogen (secondary N) is 1. The lowest BCUT2D eigenvalue weighted by Gasteiger charge is -2.32. The van der Waals surface area contributed by atoms with Crippen LogP contribution in [-0.2, 0) is 13.0 Å². The Bertz CT molecular complexity index is 423. The van der Waals surface area contributed by atoms with Crippen LogP contribution in [0, 0.1) is 5.92 Å². The highest BCUT2D eigenvalue weighted by atomic mass is 15.1. The van der Waals surface area contributed by atoms with E-state index in [1.807, 2.05) is 0 Å². The minimum Gasteiger partial charge on any atom is -0.308 e. The van der Waals surface area contributed by atoms with Crippen LogP contribution in [0.3, 0.4) is 0 Å². The van der Waals surface area contributed by atoms with Gasteiger partial charge in [0.15, 0.2) is 0 Å². The Kier molecular flexibility index (Phi) is 4.74. The van der Waals surface area contributed by atoms with Crippen LogP contribution in [-0.4, -0.2) is 31.1 Å². The Morgan fingerprint density at radius 3 is 2.60 bits per heavy atom. The maximum atomic E-state index is 3.70. The summed E-state index contributed by atoms with van der Waals surface area (Å²) in [6.45, 7) is 3.52. The van der Waals surface area contributed by atoms with Crippen LogP contribution < -0.4 is 5.32 Å². The standard InChI is InChI=1S/C18H28N2/c1-20(13-15-7-3-2-4-8-15)14-18-11-16-9-5-6-10-17(16)12-19-18/h5-6,9-10,15,18-19H,2-4,7-8,11-14H2,1H3. The van der Waals surface area contributed by atoms with E-state index < -0.39 is 0 Å². The fourth-order valence-corrected chi connectivity index (χ4v) is 3.91. The Hall–Kier alpha value is -0.860. The number of hydrogen-bond acceptors (Lipinski definition) is 2. The van der Waals surface area contributed by atoms with Crippen LogP contribution >= 0.6 is 0 Å². The van der Waals surface area contributed by atoms with Crippen LogP contribution in [0.5, 0.6) is 0 Å². The molecule has 1 unspecified atom stereocenters. The maximum Gasteiger partial charge on any atom is 0.0238 e. The normalized spacial score (nSPS) is 23.8. The molecule has 0 radical (unpaired) electrons. The van der Waals surface area contributed by atoms with Gasteiger partial charge in [-0.2, -0.15) is 0 Å². The molecule has 0 amide bonds. The average molecular weight is 272 g/mol. The summed E-state index contributed by atoms with van der Waals surface area (Å²) in [6.07, 6.45) is 8.45. The molecule has 1 aliphatic carbocycles. The van der Waals surface area contributed by atoms with E-state index in [9.17, 15) is 0 Å². The van der Waals surface area contributed by atoms with E-state index in [0.717, 1.165) is 12.5 Å². The summed E-state index contributed by atoms with van der Waals surface area (Å²) in [6, 6.07) is 9.50. The molecule has 1 N–H and O–H groups in total. The van der Waals surface area contributed by atoms with E-state index in [1.54, 1.807) is 5.56 Å². The van der Waals surface area contributed by atoms with Crippen molar-refractivity contribution in [1.29, 1.82) is 0 Å². The highest BCUT2D eigenvalue weighted by Crippen LogP contribution is 2.24. The van der Waals surface area contributed by atoms with E-state index >= 15 is 0 Å². The third-order valence-corrected chi connectivity index (χ3v) is 4.99. The van der Waals surface area contributed by atoms with Crippen molar-refractivity contribution in [3.63, 3.8) is 0 Å². The smallest absolute Gasteiger partial charge is 0.0238 e. The second-order valence-electron chi connectivity index (χ2n) is 6.78. The predicted molar refractivity (Wildman–Crippen MR) is 84.8 cm³/mol. The number of hydrogen-bond donors (Lipinski definition) is 1. The van der Waals surface area contributed by atoms with Gasteiger partial charge in [-0.05, 0) is 43.4 Å². The minimum atomic E-state index is 0.624. The molecule has 1 aromatic rings. The summed E-state index contributed by atoms with van der Waals surface area (Å²) in [5.74, 6) is 0.949. The van der Waals surface area contributed by atoms with Gasteiger partial charge in [0, 0.05) is 25.7 Å². The van der Waals surface area contributed by atoms with Crippen molar-refractivity contribution in [3.8, 4) is 0 Å². The Morgan fingerprint density at radius 2 is 1.80 bits per heavy atom. The van der Waals surface area contributed by atoms with Crippen LogP contribution in [0.15, 0.2) is 24.3 Å². The van der Waals surface area contributed by atoms with E-state index in [4.69, 9.17) is 0 Å². The van der Waals surface area contributed by atoms with Crippen molar-refractivity contribution >= 4 is 0 Å². The minimum absolute atomic E-state index is 0.624. The number of likely N-dealkylation sites (N-methyl/N-ethyl adjacent to an activating group) is 1. The Morgan fingerprint density at radius 1 is 1.05 bits per heavy atom. The van der Waals surface area contributed by atoms with Crippen molar-refractivity contribution in [1.82, 2.24) is 10.2 Å². The molecular weight excluding hydrogens is 244 g/mol. The van der Waals surface area contributed by atoms with Gasteiger partial charge in [0.25, 0.3) is 0 Å². The number of rotatable bonds is 4. The van der Waals surface area contributed by atoms with Gasteiger partial charge in [-0.1, -0.05) is 43.5 Å². The summed E-state index contributed by atoms with van der Waals surface area (Å²) >= 11 is 0. The number of benzene rings is 1. The molecule has 0 bridgehead atoms. The lowest BCUT2D eigenvalue weighted by molar-refractivity contribution is 0.212. The van der Waals surface area contributed by atoms with Gasteiger partial charge in [-0.3, -0.25) is 0 Å². The zero-order valence-electron chi connectivity index (χ0n) is 12.8. The van der Waals surface area contributed by atoms with Crippen LogP contribution in [0.25, 0.3) is 0 Å². The van der Waals surface area contributed by atoms with Gasteiger partial charge >= 0.3 is 0 Å². The Balaban J connectivity index is 1.48. The molecule has 1 atom stereocenters. The van der Waals surface area contributed by atoms with E-state index in [0.29, 0.717) is 6.04 Å². The quantitative estimate of drug-likeness (QED) is 0.905. The summed E-state index contributed by atoms with van der Waals surface area (Å²) < 4.78 is 0. The SMILES string of the molecule is CN(CC1CCCCC1)CC1Cc2ccccc2CN1. The van der Waals surface area contributed by atoms with Gasteiger partial charge < -0.3 is 10.2 Å². The summed E-state index contributed by atoms with van der Waals surface area (Å²) in [7, 11) is 2.30. The van der Waals surface area contributed by atoms with Crippen molar-refractivity contribution in [2.75, 3.05) is 20.1 Å². The van der Waals surface area contributed by atoms with Crippen molar-refractivity contribution in [3.05, 3.63) is 35.4 Å². The maximum absolute atomic E-state index is 3.70. The van der Waals surface area contributed by atoms with Crippen molar-refractivity contribution in [2.24, 2.45) is 5.92 Å². The second kappa shape index (κ2) is 6.73. The molecule has 0 saturated heterocycles. The van der Waals surface area contributed by atoms with Crippen LogP contribution in [0.4, 0.5) is 0 Å². The molecule has 2 aliphatic rings. The molecule has 110 valence electrons. The molecule has 3 rings (SSSR count). The lowest BCUT2D eigenvalue weighted by Crippen LogP contribution is -2.44. The molecule has 1 saturated carbocycles. The van der Waals surface area contributed by atoms with Gasteiger partial charge in [0.05, 0.1) is 0 Å². The topological polar surface area (TPSA) is 15.3 Å². The van der Waals surface area contributed by atoms with Crippen molar-refractivity contribution < 1.29 is 0 Å². The number of nitrogens with zero attached hydrogens (tertiary/aromatic N) is 1. The second-order valence-corrected chi connectivity index (χ2v) is 6.78. The Labute approximate surface area is 123 Å². The summed E-state index contributed by atoms with van der Waals surface area (Å²) in [4.78, 5) is 2.56. The molecule has 1 aliphatic heterocycles. The molecule has 1 heterocycles. The van der Waals surface area contributed by atoms with E-state index in [1.165, 1.54) is 57.2 Å². The lowest BCUT2D eigenvalue weighted by atomic mass is 9.89. The van der Waals surface area contributed by atoms with Gasteiger partial charge in [0.1, 0.15) is 0 Å². The molecule has 20 heavy (non-hydrogen) atoms. The van der Waals surface area contributed by atoms with E-state index in [2.05, 4.69) is 41.5 Å². The molecule has 0 aromatic heterocycles. The molecule has 2 nitrogen and oxygen atoms in total. The first-order chi connectivity index (χ1) is 9.81. The van der Waals surface area contributed by atoms with Gasteiger partial charge in [-0.15, -0.1) is 0 Å². The molecule has 0 spiro atoms. The van der Waals surface area contributed by atoms with Gasteiger partial charge in [0.2, 0.25) is 0 Å². The van der Waals surface area contributed by atoms with Gasteiger partial charge in [-0.25, -0.2) is 0 Å². The van der Waals surface area contributed by atoms with E-state index in [-0.39, 0.29) is 0 Å². The third kappa shape index (κ3) is 3.62. The van der Waals surface area contributed by atoms with Crippen LogP contribution in [0.1, 0.15) is 43.2 Å². The van der Waals surface area contributed by atoms with Crippen LogP contribution in [0.2, 0.25) is 0 Å². The summed E-state index contributed by atoms with van der Waals surface area (Å²) in [5, 5.41) is 3.70. The largest absolute Gasteiger partial charge is 0.308 e. The fraction of sp³-hybridized carbons (Fsp3) is 0.667. The first-order valence-corrected chi connectivity index (χ1v) is 8.30. The first kappa shape index (κ1) is 14.1. The third-order valence-electron chi connectivity index (χ3n) is 4.99.